The lowest BCUT2D eigenvalue weighted by Gasteiger charge is -2.39. The Bertz CT molecular complexity index is 958. The summed E-state index contributed by atoms with van der Waals surface area (Å²) in [4.78, 5) is 39.4. The number of allylic oxidation sites excluding steroid dienone is 2. The van der Waals surface area contributed by atoms with Crippen LogP contribution >= 0.6 is 0 Å². The highest BCUT2D eigenvalue weighted by Crippen LogP contribution is 2.47. The minimum absolute atomic E-state index is 0.0403. The molecule has 0 radical (unpaired) electrons. The van der Waals surface area contributed by atoms with Crippen LogP contribution in [0.5, 0.6) is 5.75 Å². The van der Waals surface area contributed by atoms with Crippen molar-refractivity contribution in [1.29, 1.82) is 5.26 Å². The molecule has 1 saturated carbocycles. The number of ketones is 3. The minimum Gasteiger partial charge on any atom is -0.512 e. The van der Waals surface area contributed by atoms with Crippen molar-refractivity contribution in [2.24, 2.45) is 16.7 Å². The molecule has 6 nitrogen and oxygen atoms in total. The molecule has 2 aliphatic carbocycles. The Kier molecular flexibility index (Phi) is 6.09. The molecule has 0 heterocycles. The zero-order valence-corrected chi connectivity index (χ0v) is 18.5. The van der Waals surface area contributed by atoms with Gasteiger partial charge in [0, 0.05) is 37.2 Å². The molecule has 6 heteroatoms. The second-order valence-electron chi connectivity index (χ2n) is 10.2. The third-order valence-electron chi connectivity index (χ3n) is 6.08. The number of hydrogen-bond acceptors (Lipinski definition) is 6. The largest absolute Gasteiger partial charge is 0.512 e. The minimum atomic E-state index is -0.999. The Labute approximate surface area is 182 Å². The van der Waals surface area contributed by atoms with Gasteiger partial charge in [-0.3, -0.25) is 14.4 Å². The number of carbonyl (C=O) groups is 3. The van der Waals surface area contributed by atoms with Crippen molar-refractivity contribution >= 4 is 17.3 Å². The van der Waals surface area contributed by atoms with Crippen molar-refractivity contribution in [1.82, 2.24) is 0 Å². The van der Waals surface area contributed by atoms with E-state index in [1.807, 2.05) is 33.8 Å². The van der Waals surface area contributed by atoms with Crippen molar-refractivity contribution in [3.8, 4) is 11.8 Å². The highest BCUT2D eigenvalue weighted by Gasteiger charge is 2.48. The van der Waals surface area contributed by atoms with E-state index >= 15 is 0 Å². The maximum absolute atomic E-state index is 13.1. The molecule has 1 fully saturated rings. The second kappa shape index (κ2) is 8.30. The molecule has 0 aromatic heterocycles. The fraction of sp³-hybridized carbons (Fsp3) is 0.520. The summed E-state index contributed by atoms with van der Waals surface area (Å²) in [5, 5.41) is 19.5. The van der Waals surface area contributed by atoms with Crippen molar-refractivity contribution in [3.63, 3.8) is 0 Å². The lowest BCUT2D eigenvalue weighted by atomic mass is 9.62. The van der Waals surface area contributed by atoms with Gasteiger partial charge in [0.1, 0.15) is 29.1 Å². The molecule has 2 aliphatic rings. The number of Topliss-reactive ketones (excluding diaryl/α,β-unsaturated/α-hetero) is 3. The third-order valence-corrected chi connectivity index (χ3v) is 6.08. The quantitative estimate of drug-likeness (QED) is 0.702. The number of aliphatic hydroxyl groups is 1. The number of aliphatic hydroxyl groups excluding tert-OH is 1. The molecule has 0 aliphatic heterocycles. The van der Waals surface area contributed by atoms with Gasteiger partial charge in [0.2, 0.25) is 0 Å². The number of hydrogen-bond donors (Lipinski definition) is 1. The molecular weight excluding hydrogens is 394 g/mol. The molecule has 0 saturated heterocycles. The maximum Gasteiger partial charge on any atom is 0.174 e. The molecule has 1 N–H and O–H groups in total. The molecular formula is C25H29NO5. The average molecular weight is 424 g/mol. The monoisotopic (exact) mass is 423 g/mol. The number of nitriles is 1. The molecule has 31 heavy (non-hydrogen) atoms. The normalized spacial score (nSPS) is 22.2. The van der Waals surface area contributed by atoms with Gasteiger partial charge in [-0.25, -0.2) is 0 Å². The van der Waals surface area contributed by atoms with Crippen LogP contribution in [-0.4, -0.2) is 29.1 Å². The van der Waals surface area contributed by atoms with Gasteiger partial charge >= 0.3 is 0 Å². The number of ether oxygens (including phenoxy) is 1. The van der Waals surface area contributed by atoms with Crippen molar-refractivity contribution in [3.05, 3.63) is 41.2 Å². The van der Waals surface area contributed by atoms with Gasteiger partial charge in [-0.15, -0.1) is 0 Å². The fourth-order valence-electron chi connectivity index (χ4n) is 4.84. The van der Waals surface area contributed by atoms with Crippen molar-refractivity contribution in [2.45, 2.75) is 59.3 Å². The molecule has 1 aromatic rings. The number of nitrogens with zero attached hydrogens (tertiary/aromatic N) is 1. The molecule has 1 aromatic carbocycles. The van der Waals surface area contributed by atoms with Crippen LogP contribution in [0.3, 0.4) is 0 Å². The first-order valence-electron chi connectivity index (χ1n) is 10.5. The number of rotatable bonds is 5. The molecule has 1 atom stereocenters. The topological polar surface area (TPSA) is 104 Å². The highest BCUT2D eigenvalue weighted by molar-refractivity contribution is 6.09. The van der Waals surface area contributed by atoms with Gasteiger partial charge in [0.25, 0.3) is 0 Å². The summed E-state index contributed by atoms with van der Waals surface area (Å²) < 4.78 is 5.30. The molecule has 164 valence electrons. The van der Waals surface area contributed by atoms with E-state index in [1.54, 1.807) is 24.3 Å². The first-order valence-corrected chi connectivity index (χ1v) is 10.5. The van der Waals surface area contributed by atoms with Gasteiger partial charge in [0.05, 0.1) is 5.92 Å². The van der Waals surface area contributed by atoms with Gasteiger partial charge in [0.15, 0.2) is 12.4 Å². The zero-order valence-electron chi connectivity index (χ0n) is 18.5. The Hall–Kier alpha value is -2.94. The molecule has 3 rings (SSSR count). The molecule has 0 amide bonds. The van der Waals surface area contributed by atoms with Crippen molar-refractivity contribution < 1.29 is 24.2 Å². The third kappa shape index (κ3) is 4.87. The molecule has 0 unspecified atom stereocenters. The zero-order chi connectivity index (χ0) is 23.0. The first-order chi connectivity index (χ1) is 14.4. The second-order valence-corrected chi connectivity index (χ2v) is 10.2. The van der Waals surface area contributed by atoms with E-state index in [4.69, 9.17) is 10.00 Å². The Morgan fingerprint density at radius 1 is 1.00 bits per heavy atom. The van der Waals surface area contributed by atoms with E-state index in [-0.39, 0.29) is 60.0 Å². The van der Waals surface area contributed by atoms with E-state index in [2.05, 4.69) is 0 Å². The van der Waals surface area contributed by atoms with Crippen LogP contribution in [0, 0.1) is 28.1 Å². The maximum atomic E-state index is 13.1. The lowest BCUT2D eigenvalue weighted by molar-refractivity contribution is -0.140. The van der Waals surface area contributed by atoms with E-state index < -0.39 is 17.3 Å². The lowest BCUT2D eigenvalue weighted by Crippen LogP contribution is -2.43. The van der Waals surface area contributed by atoms with Crippen LogP contribution in [0.4, 0.5) is 0 Å². The summed E-state index contributed by atoms with van der Waals surface area (Å²) in [6, 6.07) is 8.60. The van der Waals surface area contributed by atoms with Crippen LogP contribution in [0.2, 0.25) is 0 Å². The van der Waals surface area contributed by atoms with Gasteiger partial charge in [-0.1, -0.05) is 39.8 Å². The van der Waals surface area contributed by atoms with Crippen LogP contribution in [-0.2, 0) is 14.4 Å². The molecule has 0 bridgehead atoms. The average Bonchev–Trinajstić information content (AvgIpc) is 2.62. The fourth-order valence-corrected chi connectivity index (χ4v) is 4.84. The molecule has 0 spiro atoms. The predicted octanol–water partition coefficient (Wildman–Crippen LogP) is 4.45. The van der Waals surface area contributed by atoms with Crippen LogP contribution in [0.1, 0.15) is 64.9 Å². The summed E-state index contributed by atoms with van der Waals surface area (Å²) in [5.74, 6) is -2.02. The summed E-state index contributed by atoms with van der Waals surface area (Å²) in [7, 11) is 0. The Balaban J connectivity index is 2.09. The summed E-state index contributed by atoms with van der Waals surface area (Å²) >= 11 is 0. The van der Waals surface area contributed by atoms with Crippen LogP contribution in [0.25, 0.3) is 0 Å². The summed E-state index contributed by atoms with van der Waals surface area (Å²) in [6.07, 6.45) is 1.05. The van der Waals surface area contributed by atoms with E-state index in [1.165, 1.54) is 0 Å². The van der Waals surface area contributed by atoms with E-state index in [0.29, 0.717) is 17.7 Å². The predicted molar refractivity (Wildman–Crippen MR) is 114 cm³/mol. The van der Waals surface area contributed by atoms with Crippen LogP contribution in [0.15, 0.2) is 35.6 Å². The Morgan fingerprint density at radius 2 is 1.55 bits per heavy atom. The van der Waals surface area contributed by atoms with Gasteiger partial charge in [-0.2, -0.15) is 5.26 Å². The van der Waals surface area contributed by atoms with Crippen LogP contribution < -0.4 is 4.74 Å². The Morgan fingerprint density at radius 3 is 2.06 bits per heavy atom. The SMILES string of the molecule is CC1(C)CC(=O)C([C@H](C2=C(O)CC(C)(C)CC2=O)c2ccc(OCC#N)cc2)C(=O)C1. The van der Waals surface area contributed by atoms with E-state index in [0.717, 1.165) is 0 Å². The first kappa shape index (κ1) is 22.7. The van der Waals surface area contributed by atoms with Crippen molar-refractivity contribution in [2.75, 3.05) is 6.61 Å². The summed E-state index contributed by atoms with van der Waals surface area (Å²) in [5.41, 5.74) is -0.0202. The van der Waals surface area contributed by atoms with Gasteiger partial charge < -0.3 is 9.84 Å². The van der Waals surface area contributed by atoms with Gasteiger partial charge in [-0.05, 0) is 28.5 Å². The number of benzene rings is 1. The highest BCUT2D eigenvalue weighted by atomic mass is 16.5. The standard InChI is InChI=1S/C25H29NO5/c1-24(2)11-17(27)22(18(28)12-24)21(15-5-7-16(8-6-15)31-10-9-26)23-19(29)13-25(3,4)14-20(23)30/h5-8,21-22,29H,10-14H2,1-4H3/t21-/m1/s1. The smallest absolute Gasteiger partial charge is 0.174 e. The van der Waals surface area contributed by atoms with E-state index in [9.17, 15) is 19.5 Å². The number of carbonyl (C=O) groups excluding carboxylic acids is 3. The summed E-state index contributed by atoms with van der Waals surface area (Å²) in [6.45, 7) is 7.50.